The van der Waals surface area contributed by atoms with Crippen LogP contribution in [0.1, 0.15) is 36.8 Å². The van der Waals surface area contributed by atoms with E-state index in [4.69, 9.17) is 9.63 Å². The van der Waals surface area contributed by atoms with E-state index in [1.807, 2.05) is 6.92 Å². The van der Waals surface area contributed by atoms with Crippen molar-refractivity contribution in [1.82, 2.24) is 5.16 Å². The van der Waals surface area contributed by atoms with Crippen LogP contribution < -0.4 is 0 Å². The van der Waals surface area contributed by atoms with Gasteiger partial charge in [0, 0.05) is 23.0 Å². The molecule has 15 heavy (non-hydrogen) atoms. The average Bonchev–Trinajstić information content (AvgIpc) is 2.69. The summed E-state index contributed by atoms with van der Waals surface area (Å²) < 4.78 is 5.33. The summed E-state index contributed by atoms with van der Waals surface area (Å²) in [5, 5.41) is 13.3. The van der Waals surface area contributed by atoms with Gasteiger partial charge in [-0.15, -0.1) is 11.8 Å². The van der Waals surface area contributed by atoms with E-state index >= 15 is 0 Å². The lowest BCUT2D eigenvalue weighted by molar-refractivity contribution is 0.300. The molecule has 0 aromatic carbocycles. The summed E-state index contributed by atoms with van der Waals surface area (Å²) in [7, 11) is 0. The maximum absolute atomic E-state index is 8.94. The molecule has 4 heteroatoms. The van der Waals surface area contributed by atoms with Gasteiger partial charge in [-0.25, -0.2) is 0 Å². The summed E-state index contributed by atoms with van der Waals surface area (Å²) in [4.78, 5) is 0. The number of aromatic nitrogens is 1. The molecule has 1 atom stereocenters. The molecule has 1 aromatic heterocycles. The molecule has 0 spiro atoms. The molecule has 0 amide bonds. The number of nitrogens with zero attached hydrogens (tertiary/aromatic N) is 1. The summed E-state index contributed by atoms with van der Waals surface area (Å²) in [6.07, 6.45) is 4.63. The van der Waals surface area contributed by atoms with Crippen LogP contribution in [0.15, 0.2) is 4.52 Å². The van der Waals surface area contributed by atoms with E-state index in [9.17, 15) is 0 Å². The van der Waals surface area contributed by atoms with E-state index in [2.05, 4.69) is 5.16 Å². The number of hydrogen-bond acceptors (Lipinski definition) is 4. The van der Waals surface area contributed by atoms with E-state index in [-0.39, 0.29) is 11.9 Å². The van der Waals surface area contributed by atoms with Gasteiger partial charge in [0.05, 0.1) is 12.3 Å². The van der Waals surface area contributed by atoms with E-state index in [1.165, 1.54) is 18.4 Å². The van der Waals surface area contributed by atoms with Crippen LogP contribution in [0.25, 0.3) is 0 Å². The maximum Gasteiger partial charge on any atom is 0.140 e. The fourth-order valence-corrected chi connectivity index (χ4v) is 2.61. The first-order valence-corrected chi connectivity index (χ1v) is 6.55. The Balaban J connectivity index is 1.99. The molecule has 1 aliphatic rings. The molecule has 1 aliphatic carbocycles. The number of rotatable bonds is 4. The Bertz CT molecular complexity index is 324. The Labute approximate surface area is 94.2 Å². The van der Waals surface area contributed by atoms with Gasteiger partial charge < -0.3 is 9.63 Å². The third-order valence-electron chi connectivity index (χ3n) is 2.79. The van der Waals surface area contributed by atoms with Crippen molar-refractivity contribution >= 4 is 11.8 Å². The molecule has 3 nitrogen and oxygen atoms in total. The van der Waals surface area contributed by atoms with Crippen LogP contribution in [-0.2, 0) is 18.6 Å². The quantitative estimate of drug-likeness (QED) is 0.856. The van der Waals surface area contributed by atoms with Crippen LogP contribution in [0.4, 0.5) is 0 Å². The minimum Gasteiger partial charge on any atom is -0.395 e. The molecule has 0 radical (unpaired) electrons. The third-order valence-corrected chi connectivity index (χ3v) is 3.95. The largest absolute Gasteiger partial charge is 0.395 e. The normalized spacial score (nSPS) is 17.5. The van der Waals surface area contributed by atoms with Gasteiger partial charge in [-0.1, -0.05) is 12.1 Å². The van der Waals surface area contributed by atoms with Crippen LogP contribution >= 0.6 is 11.8 Å². The van der Waals surface area contributed by atoms with Crippen molar-refractivity contribution in [2.75, 3.05) is 6.61 Å². The molecular formula is C11H17NO2S. The number of fused-ring (bicyclic) bond motifs is 1. The topological polar surface area (TPSA) is 46.3 Å². The summed E-state index contributed by atoms with van der Waals surface area (Å²) in [5.74, 6) is 1.95. The lowest BCUT2D eigenvalue weighted by Gasteiger charge is -2.10. The Morgan fingerprint density at radius 1 is 1.47 bits per heavy atom. The number of hydrogen-bond donors (Lipinski definition) is 1. The first kappa shape index (κ1) is 11.0. The zero-order valence-electron chi connectivity index (χ0n) is 9.03. The van der Waals surface area contributed by atoms with E-state index in [1.54, 1.807) is 11.8 Å². The van der Waals surface area contributed by atoms with Gasteiger partial charge in [0.1, 0.15) is 5.76 Å². The highest BCUT2D eigenvalue weighted by Crippen LogP contribution is 2.27. The average molecular weight is 227 g/mol. The highest BCUT2D eigenvalue weighted by Gasteiger charge is 2.19. The summed E-state index contributed by atoms with van der Waals surface area (Å²) in [5.41, 5.74) is 2.42. The van der Waals surface area contributed by atoms with Crippen molar-refractivity contribution < 1.29 is 9.63 Å². The maximum atomic E-state index is 8.94. The summed E-state index contributed by atoms with van der Waals surface area (Å²) >= 11 is 1.73. The monoisotopic (exact) mass is 227 g/mol. The van der Waals surface area contributed by atoms with E-state index < -0.39 is 0 Å². The highest BCUT2D eigenvalue weighted by atomic mass is 32.2. The molecule has 0 bridgehead atoms. The van der Waals surface area contributed by atoms with Crippen molar-refractivity contribution in [3.8, 4) is 0 Å². The minimum absolute atomic E-state index is 0.227. The van der Waals surface area contributed by atoms with E-state index in [0.29, 0.717) is 0 Å². The van der Waals surface area contributed by atoms with Crippen LogP contribution in [0.3, 0.4) is 0 Å². The van der Waals surface area contributed by atoms with Crippen LogP contribution in [0.2, 0.25) is 0 Å². The van der Waals surface area contributed by atoms with Crippen molar-refractivity contribution in [2.24, 2.45) is 0 Å². The van der Waals surface area contributed by atoms with Gasteiger partial charge in [-0.05, 0) is 19.3 Å². The smallest absolute Gasteiger partial charge is 0.140 e. The summed E-state index contributed by atoms with van der Waals surface area (Å²) in [6, 6.07) is 0. The predicted molar refractivity (Wildman–Crippen MR) is 61.0 cm³/mol. The molecule has 0 aliphatic heterocycles. The fraction of sp³-hybridized carbons (Fsp3) is 0.727. The second-order valence-corrected chi connectivity index (χ2v) is 5.47. The van der Waals surface area contributed by atoms with Gasteiger partial charge >= 0.3 is 0 Å². The Morgan fingerprint density at radius 3 is 3.07 bits per heavy atom. The molecular weight excluding hydrogens is 210 g/mol. The molecule has 1 heterocycles. The predicted octanol–water partition coefficient (Wildman–Crippen LogP) is 2.17. The van der Waals surface area contributed by atoms with Crippen LogP contribution in [0.5, 0.6) is 0 Å². The van der Waals surface area contributed by atoms with Gasteiger partial charge in [0.2, 0.25) is 0 Å². The lowest BCUT2D eigenvalue weighted by atomic mass is 9.97. The number of aliphatic hydroxyl groups excluding tert-OH is 1. The zero-order valence-corrected chi connectivity index (χ0v) is 9.85. The molecule has 0 fully saturated rings. The first-order valence-electron chi connectivity index (χ1n) is 5.50. The van der Waals surface area contributed by atoms with Gasteiger partial charge in [-0.3, -0.25) is 0 Å². The fourth-order valence-electron chi connectivity index (χ4n) is 1.84. The number of aryl methyl sites for hydroxylation is 1. The van der Waals surface area contributed by atoms with Gasteiger partial charge in [-0.2, -0.15) is 0 Å². The SMILES string of the molecule is CC(CO)SCc1noc2c1CCCC2. The Morgan fingerprint density at radius 2 is 2.27 bits per heavy atom. The number of thioether (sulfide) groups is 1. The zero-order chi connectivity index (χ0) is 10.7. The standard InChI is InChI=1S/C11H17NO2S/c1-8(6-13)15-7-10-9-4-2-3-5-11(9)14-12-10/h8,13H,2-7H2,1H3. The minimum atomic E-state index is 0.227. The Kier molecular flexibility index (Phi) is 3.70. The molecule has 0 saturated carbocycles. The molecule has 1 unspecified atom stereocenters. The van der Waals surface area contributed by atoms with Crippen molar-refractivity contribution in [3.05, 3.63) is 17.0 Å². The lowest BCUT2D eigenvalue weighted by Crippen LogP contribution is -2.05. The second-order valence-electron chi connectivity index (χ2n) is 4.04. The molecule has 0 saturated heterocycles. The van der Waals surface area contributed by atoms with Crippen molar-refractivity contribution in [2.45, 2.75) is 43.6 Å². The van der Waals surface area contributed by atoms with E-state index in [0.717, 1.165) is 30.0 Å². The number of aliphatic hydroxyl groups is 1. The molecule has 84 valence electrons. The summed E-state index contributed by atoms with van der Waals surface area (Å²) in [6.45, 7) is 2.25. The first-order chi connectivity index (χ1) is 7.31. The molecule has 2 rings (SSSR count). The molecule has 1 aromatic rings. The van der Waals surface area contributed by atoms with Crippen LogP contribution in [-0.4, -0.2) is 22.1 Å². The van der Waals surface area contributed by atoms with Gasteiger partial charge in [0.15, 0.2) is 0 Å². The van der Waals surface area contributed by atoms with Gasteiger partial charge in [0.25, 0.3) is 0 Å². The van der Waals surface area contributed by atoms with Crippen molar-refractivity contribution in [3.63, 3.8) is 0 Å². The highest BCUT2D eigenvalue weighted by molar-refractivity contribution is 7.99. The Hall–Kier alpha value is -0.480. The second kappa shape index (κ2) is 5.03. The molecule has 1 N–H and O–H groups in total. The van der Waals surface area contributed by atoms with Crippen LogP contribution in [0, 0.1) is 0 Å². The third kappa shape index (κ3) is 2.55. The van der Waals surface area contributed by atoms with Crippen molar-refractivity contribution in [1.29, 1.82) is 0 Å².